The Hall–Kier alpha value is -2.45. The number of amides is 1. The van der Waals surface area contributed by atoms with Crippen LogP contribution >= 0.6 is 11.6 Å². The van der Waals surface area contributed by atoms with E-state index in [-0.39, 0.29) is 10.8 Å². The fourth-order valence-corrected chi connectivity index (χ4v) is 1.57. The number of aromatic nitrogens is 2. The molecule has 2 rings (SSSR count). The van der Waals surface area contributed by atoms with Crippen molar-refractivity contribution in [3.63, 3.8) is 0 Å². The van der Waals surface area contributed by atoms with Crippen LogP contribution in [-0.4, -0.2) is 15.9 Å². The Kier molecular flexibility index (Phi) is 4.06. The van der Waals surface area contributed by atoms with Gasteiger partial charge in [0.1, 0.15) is 16.9 Å². The maximum absolute atomic E-state index is 11.9. The van der Waals surface area contributed by atoms with Gasteiger partial charge in [0.2, 0.25) is 0 Å². The second kappa shape index (κ2) is 5.94. The summed E-state index contributed by atoms with van der Waals surface area (Å²) in [5, 5.41) is 11.9. The molecule has 1 N–H and O–H groups in total. The van der Waals surface area contributed by atoms with Gasteiger partial charge in [-0.3, -0.25) is 4.79 Å². The molecule has 0 saturated heterocycles. The molecule has 19 heavy (non-hydrogen) atoms. The van der Waals surface area contributed by atoms with Crippen LogP contribution in [0.25, 0.3) is 0 Å². The Morgan fingerprint density at radius 3 is 2.58 bits per heavy atom. The second-order valence-electron chi connectivity index (χ2n) is 3.67. The van der Waals surface area contributed by atoms with E-state index in [1.54, 1.807) is 24.3 Å². The van der Waals surface area contributed by atoms with Crippen LogP contribution in [0.2, 0.25) is 5.15 Å². The number of nitrogens with zero attached hydrogens (tertiary/aromatic N) is 3. The zero-order chi connectivity index (χ0) is 13.7. The molecule has 1 amide bonds. The summed E-state index contributed by atoms with van der Waals surface area (Å²) in [5.41, 5.74) is 0.820. The number of hydrogen-bond donors (Lipinski definition) is 1. The van der Waals surface area contributed by atoms with E-state index in [9.17, 15) is 4.79 Å². The lowest BCUT2D eigenvalue weighted by Crippen LogP contribution is -2.28. The zero-order valence-corrected chi connectivity index (χ0v) is 10.5. The number of nitrogens with one attached hydrogen (secondary N) is 1. The van der Waals surface area contributed by atoms with Gasteiger partial charge in [-0.2, -0.15) is 5.26 Å². The Balaban J connectivity index is 2.13. The van der Waals surface area contributed by atoms with Crippen molar-refractivity contribution in [2.45, 2.75) is 6.04 Å². The number of hydrogen-bond acceptors (Lipinski definition) is 4. The average Bonchev–Trinajstić information content (AvgIpc) is 2.46. The van der Waals surface area contributed by atoms with E-state index >= 15 is 0 Å². The number of benzene rings is 1. The molecule has 0 saturated carbocycles. The molecule has 0 aliphatic heterocycles. The van der Waals surface area contributed by atoms with E-state index in [2.05, 4.69) is 15.3 Å². The third-order valence-electron chi connectivity index (χ3n) is 2.39. The van der Waals surface area contributed by atoms with Crippen LogP contribution < -0.4 is 5.32 Å². The van der Waals surface area contributed by atoms with Crippen LogP contribution in [0.1, 0.15) is 22.1 Å². The van der Waals surface area contributed by atoms with Gasteiger partial charge in [0.05, 0.1) is 18.5 Å². The number of nitriles is 1. The lowest BCUT2D eigenvalue weighted by atomic mass is 10.1. The highest BCUT2D eigenvalue weighted by Gasteiger charge is 2.15. The van der Waals surface area contributed by atoms with Gasteiger partial charge in [-0.05, 0) is 5.56 Å². The van der Waals surface area contributed by atoms with Gasteiger partial charge in [0.25, 0.3) is 5.91 Å². The Morgan fingerprint density at radius 2 is 2.00 bits per heavy atom. The first-order valence-corrected chi connectivity index (χ1v) is 5.81. The van der Waals surface area contributed by atoms with Crippen molar-refractivity contribution in [2.24, 2.45) is 0 Å². The molecule has 94 valence electrons. The van der Waals surface area contributed by atoms with Crippen LogP contribution in [0, 0.1) is 11.3 Å². The van der Waals surface area contributed by atoms with Crippen molar-refractivity contribution < 1.29 is 4.79 Å². The largest absolute Gasteiger partial charge is 0.331 e. The van der Waals surface area contributed by atoms with Gasteiger partial charge in [-0.1, -0.05) is 41.9 Å². The van der Waals surface area contributed by atoms with Crippen molar-refractivity contribution in [2.75, 3.05) is 0 Å². The summed E-state index contributed by atoms with van der Waals surface area (Å²) >= 11 is 5.59. The summed E-state index contributed by atoms with van der Waals surface area (Å²) in [6, 6.07) is 10.3. The zero-order valence-electron chi connectivity index (χ0n) is 9.75. The standard InChI is InChI=1S/C13H9ClN4O/c14-12-8-16-11(7-17-12)13(19)18-10(6-15)9-4-2-1-3-5-9/h1-5,7-8,10H,(H,18,19). The fraction of sp³-hybridized carbons (Fsp3) is 0.0769. The van der Waals surface area contributed by atoms with Gasteiger partial charge >= 0.3 is 0 Å². The molecule has 0 aliphatic carbocycles. The predicted molar refractivity (Wildman–Crippen MR) is 69.3 cm³/mol. The maximum atomic E-state index is 11.9. The fourth-order valence-electron chi connectivity index (χ4n) is 1.47. The van der Waals surface area contributed by atoms with E-state index in [1.165, 1.54) is 12.4 Å². The van der Waals surface area contributed by atoms with Gasteiger partial charge < -0.3 is 5.32 Å². The minimum atomic E-state index is -0.730. The van der Waals surface area contributed by atoms with Crippen molar-refractivity contribution in [3.8, 4) is 6.07 Å². The SMILES string of the molecule is N#CC(NC(=O)c1cnc(Cl)cn1)c1ccccc1. The molecule has 0 radical (unpaired) electrons. The van der Waals surface area contributed by atoms with Crippen molar-refractivity contribution in [1.29, 1.82) is 5.26 Å². The summed E-state index contributed by atoms with van der Waals surface area (Å²) < 4.78 is 0. The van der Waals surface area contributed by atoms with Crippen LogP contribution in [0.3, 0.4) is 0 Å². The van der Waals surface area contributed by atoms with Gasteiger partial charge in [-0.15, -0.1) is 0 Å². The molecule has 1 aromatic carbocycles. The van der Waals surface area contributed by atoms with Gasteiger partial charge in [-0.25, -0.2) is 9.97 Å². The third kappa shape index (κ3) is 3.27. The van der Waals surface area contributed by atoms with Crippen LogP contribution in [0.5, 0.6) is 0 Å². The summed E-state index contributed by atoms with van der Waals surface area (Å²) in [4.78, 5) is 19.5. The average molecular weight is 273 g/mol. The molecule has 1 unspecified atom stereocenters. The molecule has 1 aromatic heterocycles. The molecule has 2 aromatic rings. The molecule has 1 atom stereocenters. The molecular formula is C13H9ClN4O. The maximum Gasteiger partial charge on any atom is 0.272 e. The number of carbonyl (C=O) groups excluding carboxylic acids is 1. The first-order valence-electron chi connectivity index (χ1n) is 5.43. The number of rotatable bonds is 3. The lowest BCUT2D eigenvalue weighted by molar-refractivity contribution is 0.0939. The van der Waals surface area contributed by atoms with Crippen LogP contribution in [-0.2, 0) is 0 Å². The smallest absolute Gasteiger partial charge is 0.272 e. The Morgan fingerprint density at radius 1 is 1.26 bits per heavy atom. The molecule has 6 heteroatoms. The highest BCUT2D eigenvalue weighted by atomic mass is 35.5. The van der Waals surface area contributed by atoms with Crippen molar-refractivity contribution >= 4 is 17.5 Å². The summed E-state index contributed by atoms with van der Waals surface area (Å²) in [6.45, 7) is 0. The third-order valence-corrected chi connectivity index (χ3v) is 2.59. The normalized spacial score (nSPS) is 11.4. The highest BCUT2D eigenvalue weighted by Crippen LogP contribution is 2.12. The van der Waals surface area contributed by atoms with Crippen molar-refractivity contribution in [1.82, 2.24) is 15.3 Å². The van der Waals surface area contributed by atoms with E-state index in [1.807, 2.05) is 12.1 Å². The summed E-state index contributed by atoms with van der Waals surface area (Å²) in [6.07, 6.45) is 2.54. The molecule has 5 nitrogen and oxygen atoms in total. The molecule has 0 bridgehead atoms. The van der Waals surface area contributed by atoms with Crippen LogP contribution in [0.4, 0.5) is 0 Å². The second-order valence-corrected chi connectivity index (χ2v) is 4.06. The molecule has 1 heterocycles. The first-order chi connectivity index (χ1) is 9.20. The minimum Gasteiger partial charge on any atom is -0.331 e. The highest BCUT2D eigenvalue weighted by molar-refractivity contribution is 6.29. The molecular weight excluding hydrogens is 264 g/mol. The van der Waals surface area contributed by atoms with Gasteiger partial charge in [0.15, 0.2) is 0 Å². The molecule has 0 fully saturated rings. The monoisotopic (exact) mass is 272 g/mol. The van der Waals surface area contributed by atoms with Gasteiger partial charge in [0, 0.05) is 0 Å². The van der Waals surface area contributed by atoms with Crippen LogP contribution in [0.15, 0.2) is 42.7 Å². The van der Waals surface area contributed by atoms with E-state index in [0.717, 1.165) is 0 Å². The number of carbonyl (C=O) groups is 1. The summed E-state index contributed by atoms with van der Waals surface area (Å²) in [5.74, 6) is -0.473. The molecule has 0 aliphatic rings. The van der Waals surface area contributed by atoms with E-state index in [4.69, 9.17) is 16.9 Å². The Labute approximate surface area is 114 Å². The quantitative estimate of drug-likeness (QED) is 0.928. The lowest BCUT2D eigenvalue weighted by Gasteiger charge is -2.11. The van der Waals surface area contributed by atoms with E-state index < -0.39 is 11.9 Å². The topological polar surface area (TPSA) is 78.7 Å². The Bertz CT molecular complexity index is 607. The molecule has 0 spiro atoms. The van der Waals surface area contributed by atoms with Crippen molar-refractivity contribution in [3.05, 3.63) is 59.1 Å². The number of halogens is 1. The first kappa shape index (κ1) is 13.0. The predicted octanol–water partition coefficient (Wildman–Crippen LogP) is 2.12. The summed E-state index contributed by atoms with van der Waals surface area (Å²) in [7, 11) is 0. The van der Waals surface area contributed by atoms with E-state index in [0.29, 0.717) is 5.56 Å². The minimum absolute atomic E-state index is 0.112.